The molecule has 3 aliphatic carbocycles. The molecule has 2 fully saturated rings. The van der Waals surface area contributed by atoms with Crippen molar-refractivity contribution in [2.24, 2.45) is 5.92 Å². The van der Waals surface area contributed by atoms with Crippen molar-refractivity contribution in [1.82, 2.24) is 5.32 Å². The number of hydrogen-bond acceptors (Lipinski definition) is 6. The second kappa shape index (κ2) is 7.97. The number of ether oxygens (including phenoxy) is 2. The summed E-state index contributed by atoms with van der Waals surface area (Å²) in [6, 6.07) is 2.01. The molecule has 4 atom stereocenters. The number of hydrogen-bond donors (Lipinski definition) is 2. The molecule has 0 aromatic heterocycles. The molecule has 0 saturated heterocycles. The molecule has 6 heteroatoms. The Morgan fingerprint density at radius 3 is 2.81 bits per heavy atom. The van der Waals surface area contributed by atoms with Gasteiger partial charge in [0, 0.05) is 41.4 Å². The molecule has 2 bridgehead atoms. The van der Waals surface area contributed by atoms with Gasteiger partial charge >= 0.3 is 5.97 Å². The smallest absolute Gasteiger partial charge is 0.330 e. The summed E-state index contributed by atoms with van der Waals surface area (Å²) in [5.74, 6) is 0.629. The highest BCUT2D eigenvalue weighted by Crippen LogP contribution is 2.70. The molecule has 31 heavy (non-hydrogen) atoms. The van der Waals surface area contributed by atoms with Gasteiger partial charge in [-0.1, -0.05) is 20.3 Å². The predicted molar refractivity (Wildman–Crippen MR) is 118 cm³/mol. The van der Waals surface area contributed by atoms with E-state index in [1.54, 1.807) is 12.1 Å². The molecule has 3 aliphatic rings. The first kappa shape index (κ1) is 21.9. The topological polar surface area (TPSA) is 84.9 Å². The Morgan fingerprint density at radius 1 is 1.35 bits per heavy atom. The van der Waals surface area contributed by atoms with Crippen LogP contribution in [0.5, 0.6) is 11.5 Å². The first-order valence-corrected chi connectivity index (χ1v) is 11.3. The highest BCUT2D eigenvalue weighted by molar-refractivity contribution is 5.89. The van der Waals surface area contributed by atoms with Crippen LogP contribution in [0, 0.1) is 5.92 Å². The van der Waals surface area contributed by atoms with Crippen LogP contribution in [0.1, 0.15) is 69.1 Å². The van der Waals surface area contributed by atoms with Gasteiger partial charge in [0.2, 0.25) is 0 Å². The third-order valence-electron chi connectivity index (χ3n) is 7.81. The van der Waals surface area contributed by atoms with Gasteiger partial charge in [0.15, 0.2) is 11.5 Å². The zero-order valence-electron chi connectivity index (χ0n) is 18.9. The Balaban J connectivity index is 1.92. The van der Waals surface area contributed by atoms with E-state index in [0.29, 0.717) is 18.6 Å². The van der Waals surface area contributed by atoms with Gasteiger partial charge in [0.05, 0.1) is 14.2 Å². The molecule has 1 aromatic rings. The van der Waals surface area contributed by atoms with E-state index >= 15 is 0 Å². The SMILES string of the molecule is CCCCNC1C2CCC(=O)C[C@]23CC1(C)c1c(/C=C/C(=O)OC)cc(OC)c(O)c13. The lowest BCUT2D eigenvalue weighted by Gasteiger charge is -2.46. The summed E-state index contributed by atoms with van der Waals surface area (Å²) in [6.07, 6.45) is 8.07. The quantitative estimate of drug-likeness (QED) is 0.393. The number of carbonyl (C=O) groups is 2. The first-order valence-electron chi connectivity index (χ1n) is 11.3. The van der Waals surface area contributed by atoms with Crippen molar-refractivity contribution in [2.75, 3.05) is 20.8 Å². The molecule has 0 amide bonds. The number of benzene rings is 1. The summed E-state index contributed by atoms with van der Waals surface area (Å²) in [7, 11) is 2.88. The minimum Gasteiger partial charge on any atom is -0.504 e. The standard InChI is InChI=1S/C25H33NO5/c1-5-6-11-26-23-17-9-8-16(27)13-25(17)14-24(23,2)20-15(7-10-19(28)31-4)12-18(30-3)22(29)21(20)25/h7,10,12,17,23,26,29H,5-6,8-9,11,13-14H2,1-4H3/b10-7+/t17?,23?,24?,25-/m0/s1. The van der Waals surface area contributed by atoms with Gasteiger partial charge in [-0.05, 0) is 55.0 Å². The van der Waals surface area contributed by atoms with Gasteiger partial charge in [0.25, 0.3) is 0 Å². The zero-order valence-corrected chi connectivity index (χ0v) is 18.9. The highest BCUT2D eigenvalue weighted by atomic mass is 16.5. The summed E-state index contributed by atoms with van der Waals surface area (Å²) in [5, 5.41) is 15.1. The van der Waals surface area contributed by atoms with Gasteiger partial charge in [-0.3, -0.25) is 4.79 Å². The summed E-state index contributed by atoms with van der Waals surface area (Å²) in [4.78, 5) is 24.5. The number of methoxy groups -OCH3 is 2. The largest absolute Gasteiger partial charge is 0.504 e. The number of ketones is 1. The Labute approximate surface area is 184 Å². The molecule has 1 spiro atoms. The molecule has 6 nitrogen and oxygen atoms in total. The Bertz CT molecular complexity index is 938. The van der Waals surface area contributed by atoms with E-state index in [1.807, 2.05) is 0 Å². The Morgan fingerprint density at radius 2 is 2.13 bits per heavy atom. The van der Waals surface area contributed by atoms with E-state index in [0.717, 1.165) is 48.9 Å². The predicted octanol–water partition coefficient (Wildman–Crippen LogP) is 3.63. The number of fused-ring (bicyclic) bond motifs is 3. The van der Waals surface area contributed by atoms with Gasteiger partial charge < -0.3 is 19.9 Å². The fraction of sp³-hybridized carbons (Fsp3) is 0.600. The molecule has 168 valence electrons. The van der Waals surface area contributed by atoms with E-state index in [-0.39, 0.29) is 28.9 Å². The van der Waals surface area contributed by atoms with Gasteiger partial charge in [-0.25, -0.2) is 4.79 Å². The number of nitrogens with one attached hydrogen (secondary N) is 1. The fourth-order valence-corrected chi connectivity index (χ4v) is 6.74. The zero-order chi connectivity index (χ0) is 22.4. The van der Waals surface area contributed by atoms with E-state index in [9.17, 15) is 14.7 Å². The van der Waals surface area contributed by atoms with Crippen LogP contribution in [0.2, 0.25) is 0 Å². The number of Topliss-reactive ketones (excluding diaryl/α,β-unsaturated/α-hetero) is 1. The third-order valence-corrected chi connectivity index (χ3v) is 7.81. The number of rotatable bonds is 7. The van der Waals surface area contributed by atoms with Gasteiger partial charge in [-0.15, -0.1) is 0 Å². The summed E-state index contributed by atoms with van der Waals surface area (Å²) in [6.45, 7) is 5.36. The van der Waals surface area contributed by atoms with Crippen LogP contribution in [0.25, 0.3) is 6.08 Å². The third kappa shape index (κ3) is 3.18. The Hall–Kier alpha value is -2.34. The lowest BCUT2D eigenvalue weighted by molar-refractivity contribution is -0.134. The van der Waals surface area contributed by atoms with Crippen LogP contribution in [-0.4, -0.2) is 43.7 Å². The van der Waals surface area contributed by atoms with Crippen LogP contribution in [0.15, 0.2) is 12.1 Å². The maximum Gasteiger partial charge on any atom is 0.330 e. The molecule has 1 aromatic carbocycles. The lowest BCUT2D eigenvalue weighted by Crippen LogP contribution is -2.53. The normalized spacial score (nSPS) is 31.0. The van der Waals surface area contributed by atoms with Crippen LogP contribution in [0.4, 0.5) is 0 Å². The van der Waals surface area contributed by atoms with Crippen molar-refractivity contribution < 1.29 is 24.2 Å². The second-order valence-electron chi connectivity index (χ2n) is 9.52. The van der Waals surface area contributed by atoms with E-state index in [1.165, 1.54) is 20.3 Å². The number of esters is 1. The van der Waals surface area contributed by atoms with Crippen molar-refractivity contribution >= 4 is 17.8 Å². The number of carbonyl (C=O) groups excluding carboxylic acids is 2. The monoisotopic (exact) mass is 427 g/mol. The molecule has 0 radical (unpaired) electrons. The average molecular weight is 428 g/mol. The fourth-order valence-electron chi connectivity index (χ4n) is 6.74. The van der Waals surface area contributed by atoms with Gasteiger partial charge in [0.1, 0.15) is 5.78 Å². The van der Waals surface area contributed by atoms with Crippen LogP contribution < -0.4 is 10.1 Å². The molecule has 0 heterocycles. The highest BCUT2D eigenvalue weighted by Gasteiger charge is 2.68. The number of unbranched alkanes of at least 4 members (excludes halogenated alkanes) is 1. The minimum absolute atomic E-state index is 0.142. The van der Waals surface area contributed by atoms with Gasteiger partial charge in [-0.2, -0.15) is 0 Å². The molecule has 2 saturated carbocycles. The molecule has 4 rings (SSSR count). The molecular weight excluding hydrogens is 394 g/mol. The maximum absolute atomic E-state index is 12.7. The molecular formula is C25H33NO5. The van der Waals surface area contributed by atoms with Crippen LogP contribution in [0.3, 0.4) is 0 Å². The van der Waals surface area contributed by atoms with Crippen molar-refractivity contribution in [3.05, 3.63) is 28.8 Å². The summed E-state index contributed by atoms with van der Waals surface area (Å²) in [5.41, 5.74) is 2.08. The summed E-state index contributed by atoms with van der Waals surface area (Å²) >= 11 is 0. The van der Waals surface area contributed by atoms with Crippen LogP contribution >= 0.6 is 0 Å². The van der Waals surface area contributed by atoms with E-state index in [4.69, 9.17) is 9.47 Å². The summed E-state index contributed by atoms with van der Waals surface area (Å²) < 4.78 is 10.3. The number of phenols is 1. The number of aromatic hydroxyl groups is 1. The average Bonchev–Trinajstić information content (AvgIpc) is 3.15. The van der Waals surface area contributed by atoms with E-state index in [2.05, 4.69) is 19.2 Å². The maximum atomic E-state index is 12.7. The molecule has 3 unspecified atom stereocenters. The Kier molecular flexibility index (Phi) is 5.63. The number of phenolic OH excluding ortho intramolecular Hbond substituents is 1. The van der Waals surface area contributed by atoms with Crippen molar-refractivity contribution in [3.63, 3.8) is 0 Å². The lowest BCUT2D eigenvalue weighted by atomic mass is 9.60. The molecule has 2 N–H and O–H groups in total. The second-order valence-corrected chi connectivity index (χ2v) is 9.52. The van der Waals surface area contributed by atoms with E-state index < -0.39 is 11.4 Å². The van der Waals surface area contributed by atoms with Crippen molar-refractivity contribution in [1.29, 1.82) is 0 Å². The molecule has 0 aliphatic heterocycles. The van der Waals surface area contributed by atoms with Crippen LogP contribution in [-0.2, 0) is 25.2 Å². The van der Waals surface area contributed by atoms with Crippen molar-refractivity contribution in [3.8, 4) is 11.5 Å². The van der Waals surface area contributed by atoms with Crippen molar-refractivity contribution in [2.45, 2.75) is 69.2 Å². The minimum atomic E-state index is -0.435. The first-order chi connectivity index (χ1) is 14.8.